The van der Waals surface area contributed by atoms with E-state index in [4.69, 9.17) is 4.74 Å². The van der Waals surface area contributed by atoms with Gasteiger partial charge in [0.2, 0.25) is 0 Å². The summed E-state index contributed by atoms with van der Waals surface area (Å²) >= 11 is 0. The Bertz CT molecular complexity index is 3680. The Balaban J connectivity index is 0.000000179. The minimum atomic E-state index is -0.302. The number of hydrogen-bond donors (Lipinski definition) is 4. The molecule has 396 valence electrons. The predicted molar refractivity (Wildman–Crippen MR) is 326 cm³/mol. The van der Waals surface area contributed by atoms with Crippen LogP contribution in [0.1, 0.15) is 43.0 Å². The Morgan fingerprint density at radius 2 is 1.04 bits per heavy atom. The molecule has 10 aromatic rings. The third kappa shape index (κ3) is 13.4. The molecule has 1 saturated heterocycles. The minimum absolute atomic E-state index is 0.0512. The molecule has 79 heavy (non-hydrogen) atoms. The van der Waals surface area contributed by atoms with E-state index in [0.29, 0.717) is 12.3 Å². The van der Waals surface area contributed by atoms with Crippen LogP contribution in [0.15, 0.2) is 219 Å². The van der Waals surface area contributed by atoms with Crippen LogP contribution in [0, 0.1) is 6.92 Å². The van der Waals surface area contributed by atoms with Crippen LogP contribution < -0.4 is 30.9 Å². The summed E-state index contributed by atoms with van der Waals surface area (Å²) in [4.78, 5) is 39.7. The highest BCUT2D eigenvalue weighted by atomic mass is 16.5. The summed E-state index contributed by atoms with van der Waals surface area (Å²) in [5.74, 6) is 0.757. The van der Waals surface area contributed by atoms with E-state index in [-0.39, 0.29) is 17.5 Å². The first-order chi connectivity index (χ1) is 38.5. The molecule has 0 atom stereocenters. The van der Waals surface area contributed by atoms with Crippen LogP contribution in [0.3, 0.4) is 0 Å². The number of urea groups is 2. The highest BCUT2D eigenvalue weighted by Crippen LogP contribution is 2.37. The van der Waals surface area contributed by atoms with Gasteiger partial charge in [-0.25, -0.2) is 9.59 Å². The Morgan fingerprint density at radius 3 is 1.68 bits per heavy atom. The second-order valence-corrected chi connectivity index (χ2v) is 20.8. The molecule has 1 aliphatic rings. The summed E-state index contributed by atoms with van der Waals surface area (Å²) in [5.41, 5.74) is 13.0. The number of aromatic nitrogens is 2. The van der Waals surface area contributed by atoms with Gasteiger partial charge in [-0.3, -0.25) is 14.9 Å². The van der Waals surface area contributed by atoms with Gasteiger partial charge in [0, 0.05) is 96.0 Å². The van der Waals surface area contributed by atoms with E-state index in [1.165, 1.54) is 11.3 Å². The summed E-state index contributed by atoms with van der Waals surface area (Å²) in [5, 5.41) is 16.4. The van der Waals surface area contributed by atoms with Gasteiger partial charge in [-0.05, 0) is 118 Å². The molecule has 11 nitrogen and oxygen atoms in total. The monoisotopic (exact) mass is 1040 g/mol. The molecule has 11 rings (SSSR count). The van der Waals surface area contributed by atoms with E-state index in [0.717, 1.165) is 122 Å². The summed E-state index contributed by atoms with van der Waals surface area (Å²) in [6.07, 6.45) is 8.28. The molecular formula is C68H66N8O3. The van der Waals surface area contributed by atoms with Gasteiger partial charge < -0.3 is 30.9 Å². The number of rotatable bonds is 13. The number of fused-ring (bicyclic) bond motifs is 2. The van der Waals surface area contributed by atoms with Crippen LogP contribution in [0.2, 0.25) is 0 Å². The quantitative estimate of drug-likeness (QED) is 0.0907. The fraction of sp³-hybridized carbons (Fsp3) is 0.176. The van der Waals surface area contributed by atoms with Crippen molar-refractivity contribution >= 4 is 62.0 Å². The molecule has 0 aliphatic carbocycles. The van der Waals surface area contributed by atoms with Crippen molar-refractivity contribution in [3.63, 3.8) is 0 Å². The highest BCUT2D eigenvalue weighted by molar-refractivity contribution is 6.10. The third-order valence-corrected chi connectivity index (χ3v) is 14.4. The lowest BCUT2D eigenvalue weighted by Gasteiger charge is -2.36. The first kappa shape index (κ1) is 53.1. The number of carbonyl (C=O) groups excluding carboxylic acids is 2. The molecule has 8 aromatic carbocycles. The van der Waals surface area contributed by atoms with E-state index < -0.39 is 0 Å². The number of anilines is 5. The number of carbonyl (C=O) groups is 2. The lowest BCUT2D eigenvalue weighted by molar-refractivity contribution is 0.261. The SMILES string of the molecule is CC(C)(C)c1ccc(-c2ccccc2)c(NC(=O)Nc2ccc(OCc3ccncc3)c3ccccc23)c1.Cc1ccc(-c2ccccc2)cc1NC(=O)Nc1ccc(N2CCN(CCc3ccncc3)CC2)c2ccccc12. The number of aryl methyl sites for hydroxylation is 1. The normalized spacial score (nSPS) is 12.5. The minimum Gasteiger partial charge on any atom is -0.488 e. The standard InChI is InChI=1S/C35H35N5O.C33H31N3O2/c1-26-11-12-29(28-7-3-2-4-8-28)25-33(26)38-35(41)37-32-13-14-34(31-10-6-5-9-30(31)32)40-23-21-39(22-24-40)20-17-27-15-18-36-19-16-27;1-33(2,3)25-13-14-26(24-9-5-4-6-10-24)30(21-25)36-32(37)35-29-15-16-31(28-12-8-7-11-27(28)29)38-22-23-17-19-34-20-18-23/h2-16,18-19,25H,17,20-24H2,1H3,(H2,37,38,41);4-21H,22H2,1-3H3,(H2,35,36,37). The number of amides is 4. The third-order valence-electron chi connectivity index (χ3n) is 14.4. The van der Waals surface area contributed by atoms with Crippen LogP contribution in [-0.2, 0) is 18.4 Å². The Kier molecular flexibility index (Phi) is 16.7. The predicted octanol–water partition coefficient (Wildman–Crippen LogP) is 15.6. The first-order valence-corrected chi connectivity index (χ1v) is 27.0. The van der Waals surface area contributed by atoms with E-state index in [1.54, 1.807) is 12.4 Å². The van der Waals surface area contributed by atoms with E-state index in [9.17, 15) is 9.59 Å². The van der Waals surface area contributed by atoms with E-state index in [1.807, 2.05) is 141 Å². The van der Waals surface area contributed by atoms with Crippen LogP contribution in [0.25, 0.3) is 43.8 Å². The molecule has 1 fully saturated rings. The zero-order valence-electron chi connectivity index (χ0n) is 45.2. The maximum Gasteiger partial charge on any atom is 0.323 e. The van der Waals surface area contributed by atoms with Crippen LogP contribution >= 0.6 is 0 Å². The first-order valence-electron chi connectivity index (χ1n) is 27.0. The Morgan fingerprint density at radius 1 is 0.494 bits per heavy atom. The lowest BCUT2D eigenvalue weighted by Crippen LogP contribution is -2.47. The molecule has 3 heterocycles. The molecule has 4 amide bonds. The number of hydrogen-bond acceptors (Lipinski definition) is 7. The smallest absolute Gasteiger partial charge is 0.323 e. The highest BCUT2D eigenvalue weighted by Gasteiger charge is 2.21. The van der Waals surface area contributed by atoms with Crippen molar-refractivity contribution in [1.82, 2.24) is 14.9 Å². The Hall–Kier alpha value is -9.32. The van der Waals surface area contributed by atoms with Crippen molar-refractivity contribution in [2.45, 2.75) is 46.1 Å². The van der Waals surface area contributed by atoms with E-state index >= 15 is 0 Å². The van der Waals surface area contributed by atoms with Crippen LogP contribution in [0.4, 0.5) is 38.0 Å². The fourth-order valence-electron chi connectivity index (χ4n) is 9.97. The number of nitrogens with one attached hydrogen (secondary N) is 4. The largest absolute Gasteiger partial charge is 0.488 e. The Labute approximate surface area is 463 Å². The fourth-order valence-corrected chi connectivity index (χ4v) is 9.97. The molecule has 4 N–H and O–H groups in total. The summed E-state index contributed by atoms with van der Waals surface area (Å²) in [6.45, 7) is 14.0. The molecular weight excluding hydrogens is 977 g/mol. The summed E-state index contributed by atoms with van der Waals surface area (Å²) < 4.78 is 6.11. The van der Waals surface area contributed by atoms with Gasteiger partial charge in [-0.2, -0.15) is 0 Å². The summed E-state index contributed by atoms with van der Waals surface area (Å²) in [6, 6.07) is 64.4. The van der Waals surface area contributed by atoms with Crippen molar-refractivity contribution in [3.05, 3.63) is 241 Å². The average molecular weight is 1040 g/mol. The number of piperazine rings is 1. The molecule has 0 saturated carbocycles. The van der Waals surface area contributed by atoms with Gasteiger partial charge in [-0.15, -0.1) is 0 Å². The van der Waals surface area contributed by atoms with Crippen molar-refractivity contribution in [1.29, 1.82) is 0 Å². The second kappa shape index (κ2) is 24.8. The number of pyridine rings is 2. The topological polar surface area (TPSA) is 124 Å². The van der Waals surface area contributed by atoms with Gasteiger partial charge in [0.25, 0.3) is 0 Å². The van der Waals surface area contributed by atoms with Gasteiger partial charge in [0.05, 0.1) is 17.1 Å². The molecule has 1 aliphatic heterocycles. The molecule has 2 aromatic heterocycles. The van der Waals surface area contributed by atoms with Gasteiger partial charge in [0.1, 0.15) is 12.4 Å². The molecule has 0 spiro atoms. The van der Waals surface area contributed by atoms with Crippen molar-refractivity contribution < 1.29 is 14.3 Å². The van der Waals surface area contributed by atoms with Gasteiger partial charge in [0.15, 0.2) is 0 Å². The second-order valence-electron chi connectivity index (χ2n) is 20.8. The zero-order chi connectivity index (χ0) is 54.6. The zero-order valence-corrected chi connectivity index (χ0v) is 45.2. The van der Waals surface area contributed by atoms with Crippen LogP contribution in [0.5, 0.6) is 5.75 Å². The summed E-state index contributed by atoms with van der Waals surface area (Å²) in [7, 11) is 0. The van der Waals surface area contributed by atoms with Crippen molar-refractivity contribution in [3.8, 4) is 28.0 Å². The molecule has 0 bridgehead atoms. The van der Waals surface area contributed by atoms with Crippen molar-refractivity contribution in [2.75, 3.05) is 58.9 Å². The number of ether oxygens (including phenoxy) is 1. The maximum absolute atomic E-state index is 13.3. The van der Waals surface area contributed by atoms with Crippen molar-refractivity contribution in [2.24, 2.45) is 0 Å². The van der Waals surface area contributed by atoms with Gasteiger partial charge >= 0.3 is 12.1 Å². The van der Waals surface area contributed by atoms with Gasteiger partial charge in [-0.1, -0.05) is 154 Å². The average Bonchev–Trinajstić information content (AvgIpc) is 3.50. The maximum atomic E-state index is 13.3. The van der Waals surface area contributed by atoms with E-state index in [2.05, 4.69) is 135 Å². The number of nitrogens with zero attached hydrogens (tertiary/aromatic N) is 4. The lowest BCUT2D eigenvalue weighted by atomic mass is 9.85. The molecule has 0 radical (unpaired) electrons. The molecule has 0 unspecified atom stereocenters. The number of benzene rings is 8. The van der Waals surface area contributed by atoms with Crippen LogP contribution in [-0.4, -0.2) is 59.7 Å². The molecule has 11 heteroatoms.